The fraction of sp³-hybridized carbons (Fsp3) is 0.250. The second kappa shape index (κ2) is 7.28. The van der Waals surface area contributed by atoms with Crippen LogP contribution in [0.25, 0.3) is 0 Å². The van der Waals surface area contributed by atoms with Crippen molar-refractivity contribution in [2.45, 2.75) is 19.9 Å². The van der Waals surface area contributed by atoms with E-state index < -0.39 is 0 Å². The lowest BCUT2D eigenvalue weighted by molar-refractivity contribution is -0.120. The second-order valence-corrected chi connectivity index (χ2v) is 4.62. The van der Waals surface area contributed by atoms with Crippen molar-refractivity contribution in [1.29, 1.82) is 0 Å². The minimum atomic E-state index is -0.0749. The molecule has 0 fully saturated rings. The number of ether oxygens (including phenoxy) is 1. The van der Waals surface area contributed by atoms with Gasteiger partial charge >= 0.3 is 0 Å². The van der Waals surface area contributed by atoms with E-state index in [0.717, 1.165) is 11.3 Å². The molecule has 5 heteroatoms. The van der Waals surface area contributed by atoms with Crippen LogP contribution in [0.1, 0.15) is 18.2 Å². The van der Waals surface area contributed by atoms with E-state index in [0.29, 0.717) is 24.5 Å². The van der Waals surface area contributed by atoms with Gasteiger partial charge in [0.25, 0.3) is 0 Å². The Hall–Kier alpha value is -2.56. The summed E-state index contributed by atoms with van der Waals surface area (Å²) >= 11 is 0. The molecule has 0 aliphatic carbocycles. The van der Waals surface area contributed by atoms with E-state index in [9.17, 15) is 4.79 Å². The lowest BCUT2D eigenvalue weighted by Gasteiger charge is -2.08. The molecule has 3 N–H and O–H groups in total. The van der Waals surface area contributed by atoms with E-state index in [-0.39, 0.29) is 12.3 Å². The predicted molar refractivity (Wildman–Crippen MR) is 81.8 cm³/mol. The van der Waals surface area contributed by atoms with Crippen LogP contribution < -0.4 is 15.8 Å². The first kappa shape index (κ1) is 14.8. The Morgan fingerprint density at radius 1 is 1.33 bits per heavy atom. The van der Waals surface area contributed by atoms with Gasteiger partial charge in [0, 0.05) is 12.2 Å². The van der Waals surface area contributed by atoms with E-state index in [4.69, 9.17) is 10.5 Å². The van der Waals surface area contributed by atoms with Crippen molar-refractivity contribution in [3.63, 3.8) is 0 Å². The molecule has 2 aromatic rings. The zero-order chi connectivity index (χ0) is 15.1. The number of amides is 1. The minimum Gasteiger partial charge on any atom is -0.494 e. The topological polar surface area (TPSA) is 77.2 Å². The summed E-state index contributed by atoms with van der Waals surface area (Å²) in [4.78, 5) is 16.0. The molecule has 1 aromatic heterocycles. The number of nitrogen functional groups attached to an aromatic ring is 1. The lowest BCUT2D eigenvalue weighted by Crippen LogP contribution is -2.24. The first-order valence-electron chi connectivity index (χ1n) is 6.86. The van der Waals surface area contributed by atoms with Crippen molar-refractivity contribution in [2.75, 3.05) is 12.3 Å². The number of carbonyl (C=O) groups excluding carboxylic acids is 1. The SMILES string of the molecule is CCOc1cccc(CNC(=O)Cc2ccc(N)cn2)c1. The van der Waals surface area contributed by atoms with Gasteiger partial charge in [0.2, 0.25) is 5.91 Å². The predicted octanol–water partition coefficient (Wildman–Crippen LogP) is 1.92. The van der Waals surface area contributed by atoms with E-state index in [1.165, 1.54) is 0 Å². The molecular formula is C16H19N3O2. The standard InChI is InChI=1S/C16H19N3O2/c1-2-21-15-5-3-4-12(8-15)10-19-16(20)9-14-7-6-13(17)11-18-14/h3-8,11H,2,9-10,17H2,1H3,(H,19,20). The largest absolute Gasteiger partial charge is 0.494 e. The molecule has 21 heavy (non-hydrogen) atoms. The minimum absolute atomic E-state index is 0.0749. The van der Waals surface area contributed by atoms with E-state index in [1.54, 1.807) is 18.3 Å². The van der Waals surface area contributed by atoms with Gasteiger partial charge in [0.1, 0.15) is 5.75 Å². The number of rotatable bonds is 6. The van der Waals surface area contributed by atoms with Crippen molar-refractivity contribution >= 4 is 11.6 Å². The summed E-state index contributed by atoms with van der Waals surface area (Å²) < 4.78 is 5.43. The maximum atomic E-state index is 11.9. The third-order valence-corrected chi connectivity index (χ3v) is 2.89. The zero-order valence-corrected chi connectivity index (χ0v) is 12.0. The number of nitrogens with two attached hydrogens (primary N) is 1. The summed E-state index contributed by atoms with van der Waals surface area (Å²) in [5.41, 5.74) is 7.84. The van der Waals surface area contributed by atoms with Crippen molar-refractivity contribution < 1.29 is 9.53 Å². The number of hydrogen-bond donors (Lipinski definition) is 2. The first-order valence-corrected chi connectivity index (χ1v) is 6.86. The average molecular weight is 285 g/mol. The number of aromatic nitrogens is 1. The van der Waals surface area contributed by atoms with E-state index in [1.807, 2.05) is 31.2 Å². The number of pyridine rings is 1. The highest BCUT2D eigenvalue weighted by atomic mass is 16.5. The van der Waals surface area contributed by atoms with Gasteiger partial charge < -0.3 is 15.8 Å². The van der Waals surface area contributed by atoms with Crippen molar-refractivity contribution in [3.8, 4) is 5.75 Å². The first-order chi connectivity index (χ1) is 10.2. The molecule has 0 radical (unpaired) electrons. The van der Waals surface area contributed by atoms with Crippen molar-refractivity contribution in [1.82, 2.24) is 10.3 Å². The summed E-state index contributed by atoms with van der Waals surface area (Å²) in [6.07, 6.45) is 1.79. The molecular weight excluding hydrogens is 266 g/mol. The molecule has 1 aromatic carbocycles. The maximum Gasteiger partial charge on any atom is 0.226 e. The Balaban J connectivity index is 1.86. The van der Waals surface area contributed by atoms with Crippen LogP contribution in [0.4, 0.5) is 5.69 Å². The third-order valence-electron chi connectivity index (χ3n) is 2.89. The molecule has 0 aliphatic heterocycles. The number of benzene rings is 1. The Kier molecular flexibility index (Phi) is 5.15. The molecule has 1 amide bonds. The van der Waals surface area contributed by atoms with Crippen LogP contribution >= 0.6 is 0 Å². The van der Waals surface area contributed by atoms with Crippen molar-refractivity contribution in [2.24, 2.45) is 0 Å². The van der Waals surface area contributed by atoms with Gasteiger partial charge in [-0.2, -0.15) is 0 Å². The van der Waals surface area contributed by atoms with Gasteiger partial charge in [0.05, 0.1) is 24.9 Å². The van der Waals surface area contributed by atoms with E-state index in [2.05, 4.69) is 10.3 Å². The zero-order valence-electron chi connectivity index (χ0n) is 12.0. The van der Waals surface area contributed by atoms with Gasteiger partial charge in [-0.25, -0.2) is 0 Å². The molecule has 0 saturated carbocycles. The second-order valence-electron chi connectivity index (χ2n) is 4.62. The molecule has 0 aliphatic rings. The van der Waals surface area contributed by atoms with Gasteiger partial charge in [-0.1, -0.05) is 12.1 Å². The molecule has 0 spiro atoms. The van der Waals surface area contributed by atoms with Gasteiger partial charge in [-0.15, -0.1) is 0 Å². The quantitative estimate of drug-likeness (QED) is 0.850. The Bertz CT molecular complexity index is 597. The Morgan fingerprint density at radius 2 is 2.19 bits per heavy atom. The number of anilines is 1. The fourth-order valence-corrected chi connectivity index (χ4v) is 1.88. The normalized spacial score (nSPS) is 10.1. The van der Waals surface area contributed by atoms with Gasteiger partial charge in [-0.05, 0) is 36.8 Å². The maximum absolute atomic E-state index is 11.9. The molecule has 0 atom stereocenters. The molecule has 2 rings (SSSR count). The highest BCUT2D eigenvalue weighted by Gasteiger charge is 2.05. The summed E-state index contributed by atoms with van der Waals surface area (Å²) in [7, 11) is 0. The summed E-state index contributed by atoms with van der Waals surface area (Å²) in [6.45, 7) is 3.03. The highest BCUT2D eigenvalue weighted by Crippen LogP contribution is 2.13. The van der Waals surface area contributed by atoms with Crippen LogP contribution in [0, 0.1) is 0 Å². The molecule has 110 valence electrons. The van der Waals surface area contributed by atoms with Crippen LogP contribution in [-0.2, 0) is 17.8 Å². The molecule has 0 bridgehead atoms. The van der Waals surface area contributed by atoms with E-state index >= 15 is 0 Å². The number of carbonyl (C=O) groups is 1. The smallest absolute Gasteiger partial charge is 0.226 e. The van der Waals surface area contributed by atoms with Crippen LogP contribution in [0.2, 0.25) is 0 Å². The number of nitrogens with one attached hydrogen (secondary N) is 1. The number of nitrogens with zero attached hydrogens (tertiary/aromatic N) is 1. The highest BCUT2D eigenvalue weighted by molar-refractivity contribution is 5.78. The summed E-state index contributed by atoms with van der Waals surface area (Å²) in [5, 5.41) is 2.87. The van der Waals surface area contributed by atoms with Crippen LogP contribution in [-0.4, -0.2) is 17.5 Å². The molecule has 0 unspecified atom stereocenters. The molecule has 0 saturated heterocycles. The third kappa shape index (κ3) is 4.80. The average Bonchev–Trinajstić information content (AvgIpc) is 2.48. The number of hydrogen-bond acceptors (Lipinski definition) is 4. The fourth-order valence-electron chi connectivity index (χ4n) is 1.88. The molecule has 1 heterocycles. The summed E-state index contributed by atoms with van der Waals surface area (Å²) in [5.74, 6) is 0.735. The van der Waals surface area contributed by atoms with Crippen molar-refractivity contribution in [3.05, 3.63) is 53.9 Å². The summed E-state index contributed by atoms with van der Waals surface area (Å²) in [6, 6.07) is 11.2. The van der Waals surface area contributed by atoms with Crippen LogP contribution in [0.5, 0.6) is 5.75 Å². The molecule has 5 nitrogen and oxygen atoms in total. The van der Waals surface area contributed by atoms with Gasteiger partial charge in [-0.3, -0.25) is 9.78 Å². The van der Waals surface area contributed by atoms with Gasteiger partial charge in [0.15, 0.2) is 0 Å². The lowest BCUT2D eigenvalue weighted by atomic mass is 10.2. The van der Waals surface area contributed by atoms with Crippen LogP contribution in [0.3, 0.4) is 0 Å². The Morgan fingerprint density at radius 3 is 2.90 bits per heavy atom. The van der Waals surface area contributed by atoms with Crippen LogP contribution in [0.15, 0.2) is 42.6 Å². The monoisotopic (exact) mass is 285 g/mol. The Labute approximate surface area is 124 Å².